The Bertz CT molecular complexity index is 974. The maximum absolute atomic E-state index is 13.1. The molecular formula is C18H17N3O2. The zero-order valence-electron chi connectivity index (χ0n) is 12.7. The van der Waals surface area contributed by atoms with Gasteiger partial charge in [0.2, 0.25) is 0 Å². The average molecular weight is 307 g/mol. The van der Waals surface area contributed by atoms with Crippen LogP contribution in [0.15, 0.2) is 63.7 Å². The SMILES string of the molecule is O=c1n(-c2ccccc2)c(=O)n2n1[C@@H]1C=C3CC=CC[C@]32CC1. The molecule has 0 saturated heterocycles. The first kappa shape index (κ1) is 12.9. The zero-order valence-corrected chi connectivity index (χ0v) is 12.7. The third-order valence-corrected chi connectivity index (χ3v) is 5.51. The van der Waals surface area contributed by atoms with Gasteiger partial charge in [0.15, 0.2) is 0 Å². The predicted octanol–water partition coefficient (Wildman–Crippen LogP) is 2.12. The maximum atomic E-state index is 13.1. The minimum Gasteiger partial charge on any atom is -0.245 e. The van der Waals surface area contributed by atoms with Gasteiger partial charge in [-0.3, -0.25) is 0 Å². The monoisotopic (exact) mass is 307 g/mol. The summed E-state index contributed by atoms with van der Waals surface area (Å²) in [7, 11) is 0. The second-order valence-electron chi connectivity index (χ2n) is 6.60. The predicted molar refractivity (Wildman–Crippen MR) is 87.0 cm³/mol. The van der Waals surface area contributed by atoms with Gasteiger partial charge in [0, 0.05) is 0 Å². The summed E-state index contributed by atoms with van der Waals surface area (Å²) in [5.41, 5.74) is 1.16. The van der Waals surface area contributed by atoms with E-state index in [0.29, 0.717) is 5.69 Å². The fraction of sp³-hybridized carbons (Fsp3) is 0.333. The van der Waals surface area contributed by atoms with E-state index in [-0.39, 0.29) is 23.0 Å². The van der Waals surface area contributed by atoms with E-state index in [1.807, 2.05) is 30.3 Å². The fourth-order valence-electron chi connectivity index (χ4n) is 4.45. The van der Waals surface area contributed by atoms with Crippen molar-refractivity contribution in [2.45, 2.75) is 37.3 Å². The summed E-state index contributed by atoms with van der Waals surface area (Å²) in [5.74, 6) is 0. The highest BCUT2D eigenvalue weighted by Gasteiger charge is 2.49. The second-order valence-corrected chi connectivity index (χ2v) is 6.60. The molecule has 1 aromatic carbocycles. The van der Waals surface area contributed by atoms with E-state index < -0.39 is 0 Å². The Labute approximate surface area is 132 Å². The molecule has 5 heteroatoms. The molecular weight excluding hydrogens is 290 g/mol. The largest absolute Gasteiger partial charge is 0.352 e. The lowest BCUT2D eigenvalue weighted by molar-refractivity contribution is 0.137. The summed E-state index contributed by atoms with van der Waals surface area (Å²) in [5, 5.41) is 0. The molecule has 1 aromatic heterocycles. The van der Waals surface area contributed by atoms with Gasteiger partial charge in [-0.2, -0.15) is 0 Å². The molecule has 0 fully saturated rings. The van der Waals surface area contributed by atoms with Gasteiger partial charge in [0.25, 0.3) is 0 Å². The van der Waals surface area contributed by atoms with E-state index in [2.05, 4.69) is 18.2 Å². The second kappa shape index (κ2) is 4.25. The standard InChI is InChI=1S/C18H17N3O2/c22-16-19(14-7-2-1-3-8-14)17(23)21-18-10-5-4-6-13(18)12-15(9-11-18)20(16)21/h1-5,7-8,12,15H,6,9-11H2/t15-,18-/m0/s1. The number of para-hydroxylation sites is 1. The molecule has 2 aliphatic carbocycles. The summed E-state index contributed by atoms with van der Waals surface area (Å²) >= 11 is 0. The van der Waals surface area contributed by atoms with E-state index in [0.717, 1.165) is 25.7 Å². The Morgan fingerprint density at radius 1 is 1.04 bits per heavy atom. The molecule has 0 amide bonds. The molecule has 3 heterocycles. The molecule has 2 atom stereocenters. The number of hydrogen-bond donors (Lipinski definition) is 0. The van der Waals surface area contributed by atoms with E-state index in [4.69, 9.17) is 0 Å². The van der Waals surface area contributed by atoms with Crippen LogP contribution in [0.1, 0.15) is 31.7 Å². The summed E-state index contributed by atoms with van der Waals surface area (Å²) in [6.07, 6.45) is 10.1. The van der Waals surface area contributed by atoms with Crippen LogP contribution < -0.4 is 11.4 Å². The quantitative estimate of drug-likeness (QED) is 0.758. The number of aromatic nitrogens is 3. The van der Waals surface area contributed by atoms with Gasteiger partial charge < -0.3 is 0 Å². The molecule has 0 saturated carbocycles. The van der Waals surface area contributed by atoms with E-state index in [9.17, 15) is 9.59 Å². The molecule has 2 aromatic rings. The lowest BCUT2D eigenvalue weighted by atomic mass is 9.71. The normalized spacial score (nSPS) is 27.5. The lowest BCUT2D eigenvalue weighted by Crippen LogP contribution is -2.54. The molecule has 2 bridgehead atoms. The summed E-state index contributed by atoms with van der Waals surface area (Å²) < 4.78 is 4.74. The average Bonchev–Trinajstić information content (AvgIpc) is 2.88. The topological polar surface area (TPSA) is 48.9 Å². The van der Waals surface area contributed by atoms with Gasteiger partial charge in [0.05, 0.1) is 17.3 Å². The Balaban J connectivity index is 1.85. The lowest BCUT2D eigenvalue weighted by Gasteiger charge is -2.48. The fourth-order valence-corrected chi connectivity index (χ4v) is 4.45. The van der Waals surface area contributed by atoms with Crippen molar-refractivity contribution in [1.29, 1.82) is 0 Å². The van der Waals surface area contributed by atoms with Crippen molar-refractivity contribution < 1.29 is 0 Å². The van der Waals surface area contributed by atoms with Gasteiger partial charge >= 0.3 is 11.4 Å². The van der Waals surface area contributed by atoms with Crippen molar-refractivity contribution in [3.05, 3.63) is 75.1 Å². The molecule has 0 radical (unpaired) electrons. The van der Waals surface area contributed by atoms with Crippen LogP contribution in [0.25, 0.3) is 5.69 Å². The third-order valence-electron chi connectivity index (χ3n) is 5.51. The first-order valence-corrected chi connectivity index (χ1v) is 8.11. The van der Waals surface area contributed by atoms with Crippen molar-refractivity contribution in [3.63, 3.8) is 0 Å². The third kappa shape index (κ3) is 1.47. The van der Waals surface area contributed by atoms with E-state index in [1.54, 1.807) is 9.36 Å². The minimum atomic E-state index is -0.334. The first-order chi connectivity index (χ1) is 11.2. The number of nitrogens with zero attached hydrogens (tertiary/aromatic N) is 3. The Hall–Kier alpha value is -2.56. The number of benzene rings is 1. The molecule has 1 spiro atoms. The molecule has 2 aliphatic heterocycles. The number of rotatable bonds is 1. The van der Waals surface area contributed by atoms with Crippen molar-refractivity contribution in [2.24, 2.45) is 0 Å². The van der Waals surface area contributed by atoms with Crippen molar-refractivity contribution >= 4 is 0 Å². The smallest absolute Gasteiger partial charge is 0.245 e. The number of allylic oxidation sites excluding steroid dienone is 4. The number of fused-ring (bicyclic) bond motifs is 1. The van der Waals surface area contributed by atoms with Crippen LogP contribution in [0.4, 0.5) is 0 Å². The van der Waals surface area contributed by atoms with Gasteiger partial charge in [-0.15, -0.1) is 0 Å². The molecule has 23 heavy (non-hydrogen) atoms. The molecule has 6 rings (SSSR count). The van der Waals surface area contributed by atoms with Crippen LogP contribution in [-0.2, 0) is 5.54 Å². The Morgan fingerprint density at radius 2 is 1.87 bits per heavy atom. The first-order valence-electron chi connectivity index (χ1n) is 8.11. The highest BCUT2D eigenvalue weighted by molar-refractivity contribution is 5.35. The molecule has 116 valence electrons. The highest BCUT2D eigenvalue weighted by atomic mass is 16.2. The zero-order chi connectivity index (χ0) is 15.6. The Kier molecular flexibility index (Phi) is 2.39. The van der Waals surface area contributed by atoms with Gasteiger partial charge in [0.1, 0.15) is 0 Å². The van der Waals surface area contributed by atoms with E-state index in [1.165, 1.54) is 10.1 Å². The van der Waals surface area contributed by atoms with Crippen molar-refractivity contribution in [1.82, 2.24) is 13.9 Å². The van der Waals surface area contributed by atoms with Crippen molar-refractivity contribution in [3.8, 4) is 5.69 Å². The summed E-state index contributed by atoms with van der Waals surface area (Å²) in [4.78, 5) is 26.1. The van der Waals surface area contributed by atoms with Crippen LogP contribution in [-0.4, -0.2) is 13.9 Å². The van der Waals surface area contributed by atoms with Crippen LogP contribution in [0.5, 0.6) is 0 Å². The summed E-state index contributed by atoms with van der Waals surface area (Å²) in [6, 6.07) is 9.21. The van der Waals surface area contributed by atoms with Crippen LogP contribution >= 0.6 is 0 Å². The number of hydrogen-bond acceptors (Lipinski definition) is 2. The summed E-state index contributed by atoms with van der Waals surface area (Å²) in [6.45, 7) is 0. The van der Waals surface area contributed by atoms with E-state index >= 15 is 0 Å². The molecule has 0 unspecified atom stereocenters. The molecule has 5 nitrogen and oxygen atoms in total. The van der Waals surface area contributed by atoms with Gasteiger partial charge in [-0.25, -0.2) is 23.5 Å². The van der Waals surface area contributed by atoms with Gasteiger partial charge in [-0.05, 0) is 43.4 Å². The van der Waals surface area contributed by atoms with Crippen molar-refractivity contribution in [2.75, 3.05) is 0 Å². The van der Waals surface area contributed by atoms with Gasteiger partial charge in [-0.1, -0.05) is 36.4 Å². The molecule has 4 aliphatic rings. The van der Waals surface area contributed by atoms with Crippen LogP contribution in [0.2, 0.25) is 0 Å². The van der Waals surface area contributed by atoms with Crippen LogP contribution in [0, 0.1) is 0 Å². The highest BCUT2D eigenvalue weighted by Crippen LogP contribution is 2.48. The molecule has 0 N–H and O–H groups in total. The maximum Gasteiger partial charge on any atom is 0.352 e. The minimum absolute atomic E-state index is 0.00328. The van der Waals surface area contributed by atoms with Crippen LogP contribution in [0.3, 0.4) is 0 Å². The Morgan fingerprint density at radius 3 is 2.70 bits per heavy atom.